The Morgan fingerprint density at radius 3 is 3.06 bits per heavy atom. The summed E-state index contributed by atoms with van der Waals surface area (Å²) in [6.07, 6.45) is 4.13. The minimum absolute atomic E-state index is 0.462. The molecule has 0 aromatic heterocycles. The molecule has 17 heavy (non-hydrogen) atoms. The van der Waals surface area contributed by atoms with Crippen molar-refractivity contribution in [2.24, 2.45) is 0 Å². The number of nitrogens with one attached hydrogen (secondary N) is 1. The zero-order chi connectivity index (χ0) is 11.5. The fraction of sp³-hybridized carbons (Fsp3) is 0.571. The van der Waals surface area contributed by atoms with Gasteiger partial charge in [0.1, 0.15) is 0 Å². The van der Waals surface area contributed by atoms with Gasteiger partial charge in [-0.05, 0) is 30.9 Å². The van der Waals surface area contributed by atoms with Gasteiger partial charge in [-0.25, -0.2) is 0 Å². The van der Waals surface area contributed by atoms with E-state index in [1.807, 2.05) is 11.8 Å². The second-order valence-corrected chi connectivity index (χ2v) is 6.19. The quantitative estimate of drug-likeness (QED) is 0.886. The Bertz CT molecular complexity index is 351. The molecule has 2 heterocycles. The average Bonchev–Trinajstić information content (AvgIpc) is 2.96. The number of hydrogen-bond acceptors (Lipinski definition) is 3. The van der Waals surface area contributed by atoms with Crippen LogP contribution in [0.1, 0.15) is 18.4 Å². The van der Waals surface area contributed by atoms with Crippen LogP contribution in [-0.4, -0.2) is 31.1 Å². The lowest BCUT2D eigenvalue weighted by atomic mass is 10.1. The highest BCUT2D eigenvalue weighted by atomic mass is 32.2. The van der Waals surface area contributed by atoms with Crippen LogP contribution in [0.5, 0.6) is 0 Å². The molecule has 2 unspecified atom stereocenters. The topological polar surface area (TPSA) is 21.3 Å². The highest BCUT2D eigenvalue weighted by Gasteiger charge is 2.22. The lowest BCUT2D eigenvalue weighted by Gasteiger charge is -2.13. The van der Waals surface area contributed by atoms with Gasteiger partial charge >= 0.3 is 0 Å². The summed E-state index contributed by atoms with van der Waals surface area (Å²) in [5.74, 6) is 0. The van der Waals surface area contributed by atoms with Crippen LogP contribution >= 0.6 is 11.8 Å². The summed E-state index contributed by atoms with van der Waals surface area (Å²) in [6.45, 7) is 3.07. The average molecular weight is 249 g/mol. The third kappa shape index (κ3) is 2.84. The number of hydrogen-bond donors (Lipinski definition) is 1. The van der Waals surface area contributed by atoms with Gasteiger partial charge in [-0.3, -0.25) is 0 Å². The molecule has 0 radical (unpaired) electrons. The fourth-order valence-corrected chi connectivity index (χ4v) is 3.86. The molecular weight excluding hydrogens is 230 g/mol. The van der Waals surface area contributed by atoms with Gasteiger partial charge in [0.2, 0.25) is 0 Å². The third-order valence-corrected chi connectivity index (χ3v) is 4.80. The molecule has 3 rings (SSSR count). The van der Waals surface area contributed by atoms with E-state index in [0.717, 1.165) is 19.7 Å². The molecule has 3 heteroatoms. The molecule has 1 N–H and O–H groups in total. The molecule has 2 atom stereocenters. The molecule has 2 aliphatic rings. The molecule has 1 aromatic carbocycles. The highest BCUT2D eigenvalue weighted by Crippen LogP contribution is 2.36. The van der Waals surface area contributed by atoms with E-state index in [0.29, 0.717) is 11.4 Å². The van der Waals surface area contributed by atoms with Crippen LogP contribution in [-0.2, 0) is 11.2 Å². The van der Waals surface area contributed by atoms with Crippen LogP contribution in [0.2, 0.25) is 0 Å². The van der Waals surface area contributed by atoms with Crippen LogP contribution in [0.15, 0.2) is 29.2 Å². The number of fused-ring (bicyclic) bond motifs is 1. The SMILES string of the molecule is c1ccc2c(c1)CC(CNCC1CCCO1)S2. The van der Waals surface area contributed by atoms with Crippen molar-refractivity contribution in [1.82, 2.24) is 5.32 Å². The Morgan fingerprint density at radius 2 is 2.24 bits per heavy atom. The highest BCUT2D eigenvalue weighted by molar-refractivity contribution is 8.00. The molecule has 1 aromatic rings. The lowest BCUT2D eigenvalue weighted by molar-refractivity contribution is 0.110. The number of thioether (sulfide) groups is 1. The van der Waals surface area contributed by atoms with Gasteiger partial charge in [-0.2, -0.15) is 0 Å². The summed E-state index contributed by atoms with van der Waals surface area (Å²) in [5.41, 5.74) is 1.52. The molecule has 1 saturated heterocycles. The minimum atomic E-state index is 0.462. The van der Waals surface area contributed by atoms with Gasteiger partial charge in [-0.1, -0.05) is 18.2 Å². The zero-order valence-electron chi connectivity index (χ0n) is 10.0. The second kappa shape index (κ2) is 5.42. The van der Waals surface area contributed by atoms with E-state index < -0.39 is 0 Å². The standard InChI is InChI=1S/C14H19NOS/c1-2-6-14-11(4-1)8-13(17-14)10-15-9-12-5-3-7-16-12/h1-2,4,6,12-13,15H,3,5,7-10H2. The molecule has 92 valence electrons. The molecule has 1 fully saturated rings. The lowest BCUT2D eigenvalue weighted by Crippen LogP contribution is -2.31. The zero-order valence-corrected chi connectivity index (χ0v) is 10.8. The Hall–Kier alpha value is -0.510. The first-order chi connectivity index (χ1) is 8.42. The number of benzene rings is 1. The van der Waals surface area contributed by atoms with E-state index in [2.05, 4.69) is 29.6 Å². The van der Waals surface area contributed by atoms with Crippen molar-refractivity contribution in [3.05, 3.63) is 29.8 Å². The van der Waals surface area contributed by atoms with E-state index >= 15 is 0 Å². The van der Waals surface area contributed by atoms with E-state index in [9.17, 15) is 0 Å². The molecule has 0 saturated carbocycles. The van der Waals surface area contributed by atoms with Crippen LogP contribution < -0.4 is 5.32 Å². The van der Waals surface area contributed by atoms with Crippen LogP contribution in [0.25, 0.3) is 0 Å². The molecular formula is C14H19NOS. The fourth-order valence-electron chi connectivity index (χ4n) is 2.58. The maximum absolute atomic E-state index is 5.61. The summed E-state index contributed by atoms with van der Waals surface area (Å²) in [5, 5.41) is 4.26. The second-order valence-electron chi connectivity index (χ2n) is 4.84. The molecule has 0 bridgehead atoms. The van der Waals surface area contributed by atoms with Gasteiger partial charge in [-0.15, -0.1) is 11.8 Å². The van der Waals surface area contributed by atoms with Crippen molar-refractivity contribution in [1.29, 1.82) is 0 Å². The van der Waals surface area contributed by atoms with Crippen LogP contribution in [0, 0.1) is 0 Å². The maximum atomic E-state index is 5.61. The summed E-state index contributed by atoms with van der Waals surface area (Å²) in [4.78, 5) is 1.47. The first kappa shape index (κ1) is 11.6. The molecule has 0 spiro atoms. The first-order valence-corrected chi connectivity index (χ1v) is 7.36. The van der Waals surface area contributed by atoms with E-state index in [-0.39, 0.29) is 0 Å². The first-order valence-electron chi connectivity index (χ1n) is 6.49. The van der Waals surface area contributed by atoms with E-state index in [1.54, 1.807) is 0 Å². The van der Waals surface area contributed by atoms with Crippen molar-refractivity contribution in [2.45, 2.75) is 35.5 Å². The summed E-state index contributed by atoms with van der Waals surface area (Å²) in [7, 11) is 0. The van der Waals surface area contributed by atoms with Crippen molar-refractivity contribution in [3.8, 4) is 0 Å². The predicted octanol–water partition coefficient (Wildman–Crippen LogP) is 2.47. The Kier molecular flexibility index (Phi) is 3.69. The van der Waals surface area contributed by atoms with E-state index in [4.69, 9.17) is 4.74 Å². The minimum Gasteiger partial charge on any atom is -0.377 e. The molecule has 0 amide bonds. The Balaban J connectivity index is 1.43. The van der Waals surface area contributed by atoms with Gasteiger partial charge < -0.3 is 10.1 Å². The predicted molar refractivity (Wildman–Crippen MR) is 71.6 cm³/mol. The maximum Gasteiger partial charge on any atom is 0.0700 e. The van der Waals surface area contributed by atoms with Gasteiger partial charge in [0.25, 0.3) is 0 Å². The molecule has 2 nitrogen and oxygen atoms in total. The van der Waals surface area contributed by atoms with E-state index in [1.165, 1.54) is 29.7 Å². The summed E-state index contributed by atoms with van der Waals surface area (Å²) < 4.78 is 5.61. The van der Waals surface area contributed by atoms with Crippen molar-refractivity contribution < 1.29 is 4.74 Å². The number of ether oxygens (including phenoxy) is 1. The molecule has 2 aliphatic heterocycles. The Morgan fingerprint density at radius 1 is 1.29 bits per heavy atom. The summed E-state index contributed by atoms with van der Waals surface area (Å²) in [6, 6.07) is 8.76. The van der Waals surface area contributed by atoms with Crippen LogP contribution in [0.3, 0.4) is 0 Å². The van der Waals surface area contributed by atoms with Gasteiger partial charge in [0, 0.05) is 29.8 Å². The summed E-state index contributed by atoms with van der Waals surface area (Å²) >= 11 is 2.02. The smallest absolute Gasteiger partial charge is 0.0700 e. The van der Waals surface area contributed by atoms with Crippen LogP contribution in [0.4, 0.5) is 0 Å². The third-order valence-electron chi connectivity index (χ3n) is 3.48. The van der Waals surface area contributed by atoms with Crippen molar-refractivity contribution >= 4 is 11.8 Å². The van der Waals surface area contributed by atoms with Gasteiger partial charge in [0.15, 0.2) is 0 Å². The van der Waals surface area contributed by atoms with Crippen molar-refractivity contribution in [3.63, 3.8) is 0 Å². The van der Waals surface area contributed by atoms with Crippen molar-refractivity contribution in [2.75, 3.05) is 19.7 Å². The number of rotatable bonds is 4. The molecule has 0 aliphatic carbocycles. The monoisotopic (exact) mass is 249 g/mol. The van der Waals surface area contributed by atoms with Gasteiger partial charge in [0.05, 0.1) is 6.10 Å². The normalized spacial score (nSPS) is 27.3. The largest absolute Gasteiger partial charge is 0.377 e. The Labute approximate surface area is 107 Å².